The van der Waals surface area contributed by atoms with Crippen molar-refractivity contribution in [1.29, 1.82) is 0 Å². The fourth-order valence-electron chi connectivity index (χ4n) is 0.556. The van der Waals surface area contributed by atoms with E-state index in [4.69, 9.17) is 0 Å². The van der Waals surface area contributed by atoms with E-state index in [0.717, 1.165) is 12.4 Å². The Morgan fingerprint density at radius 1 is 1.89 bits per heavy atom. The molecule has 1 radical (unpaired) electrons. The molecule has 0 aromatic heterocycles. The Hall–Kier alpha value is -0.440. The zero-order valence-corrected chi connectivity index (χ0v) is 6.19. The third-order valence-corrected chi connectivity index (χ3v) is 1.68. The zero-order chi connectivity index (χ0) is 6.69. The lowest BCUT2D eigenvalue weighted by Gasteiger charge is -2.16. The minimum atomic E-state index is 0.733. The van der Waals surface area contributed by atoms with E-state index < -0.39 is 0 Å². The van der Waals surface area contributed by atoms with Gasteiger partial charge >= 0.3 is 0 Å². The first-order valence-electron chi connectivity index (χ1n) is 2.71. The number of nitrogens with zero attached hydrogens (tertiary/aromatic N) is 2. The number of rotatable bonds is 1. The zero-order valence-electron chi connectivity index (χ0n) is 5.37. The van der Waals surface area contributed by atoms with E-state index >= 15 is 0 Å². The van der Waals surface area contributed by atoms with Crippen LogP contribution in [0.15, 0.2) is 17.3 Å². The number of aliphatic imine (C=N–C) groups is 1. The molecule has 0 N–H and O–H groups in total. The van der Waals surface area contributed by atoms with Crippen LogP contribution in [0.25, 0.3) is 0 Å². The van der Waals surface area contributed by atoms with Gasteiger partial charge in [0.1, 0.15) is 6.67 Å². The van der Waals surface area contributed by atoms with E-state index in [2.05, 4.69) is 11.2 Å². The van der Waals surface area contributed by atoms with E-state index in [1.54, 1.807) is 0 Å². The fourth-order valence-corrected chi connectivity index (χ4v) is 0.842. The average Bonchev–Trinajstić information content (AvgIpc) is 1.90. The fraction of sp³-hybridized carbons (Fsp3) is 0.333. The van der Waals surface area contributed by atoms with Crippen molar-refractivity contribution >= 4 is 17.7 Å². The van der Waals surface area contributed by atoms with Crippen LogP contribution in [-0.4, -0.2) is 16.7 Å². The summed E-state index contributed by atoms with van der Waals surface area (Å²) < 4.78 is 1.97. The summed E-state index contributed by atoms with van der Waals surface area (Å²) in [5.41, 5.74) is 1.08. The average molecular weight is 141 g/mol. The Kier molecular flexibility index (Phi) is 2.16. The van der Waals surface area contributed by atoms with E-state index in [1.807, 2.05) is 23.5 Å². The lowest BCUT2D eigenvalue weighted by molar-refractivity contribution is 0.637. The van der Waals surface area contributed by atoms with Crippen molar-refractivity contribution in [2.75, 3.05) is 6.67 Å². The van der Waals surface area contributed by atoms with Gasteiger partial charge in [-0.2, -0.15) is 0 Å². The van der Waals surface area contributed by atoms with E-state index in [1.165, 1.54) is 11.9 Å². The van der Waals surface area contributed by atoms with Crippen LogP contribution in [0.5, 0.6) is 0 Å². The standard InChI is InChI=1S/C6H9N2S/c1-6-3-4-8(9-2)5-7-6/h3-4H,2,5H2,1H3. The predicted octanol–water partition coefficient (Wildman–Crippen LogP) is 1.67. The second-order valence-electron chi connectivity index (χ2n) is 1.80. The SMILES string of the molecule is [CH2]SN1C=CC(C)=NC1. The van der Waals surface area contributed by atoms with E-state index in [0.29, 0.717) is 0 Å². The van der Waals surface area contributed by atoms with Gasteiger partial charge in [0, 0.05) is 18.2 Å². The molecule has 49 valence electrons. The van der Waals surface area contributed by atoms with Gasteiger partial charge in [-0.1, -0.05) is 0 Å². The molecule has 0 atom stereocenters. The summed E-state index contributed by atoms with van der Waals surface area (Å²) in [6.45, 7) is 2.72. The molecule has 1 aliphatic rings. The molecule has 1 heterocycles. The molecule has 1 rings (SSSR count). The van der Waals surface area contributed by atoms with Crippen LogP contribution < -0.4 is 0 Å². The highest BCUT2D eigenvalue weighted by Crippen LogP contribution is 2.10. The Balaban J connectivity index is 2.48. The molecule has 3 heteroatoms. The summed E-state index contributed by atoms with van der Waals surface area (Å²) in [6.07, 6.45) is 7.62. The number of hydrogen-bond donors (Lipinski definition) is 0. The monoisotopic (exact) mass is 141 g/mol. The topological polar surface area (TPSA) is 15.6 Å². The smallest absolute Gasteiger partial charge is 0.120 e. The Morgan fingerprint density at radius 3 is 3.11 bits per heavy atom. The van der Waals surface area contributed by atoms with Gasteiger partial charge in [0.25, 0.3) is 0 Å². The molecule has 2 nitrogen and oxygen atoms in total. The molecular formula is C6H9N2S. The molecule has 0 aliphatic carbocycles. The Bertz CT molecular complexity index is 151. The number of allylic oxidation sites excluding steroid dienone is 1. The second kappa shape index (κ2) is 2.92. The molecule has 1 aliphatic heterocycles. The van der Waals surface area contributed by atoms with Crippen molar-refractivity contribution < 1.29 is 0 Å². The largest absolute Gasteiger partial charge is 0.302 e. The maximum Gasteiger partial charge on any atom is 0.120 e. The third kappa shape index (κ3) is 1.75. The molecule has 0 unspecified atom stereocenters. The Morgan fingerprint density at radius 2 is 2.67 bits per heavy atom. The van der Waals surface area contributed by atoms with Crippen molar-refractivity contribution in [3.8, 4) is 0 Å². The van der Waals surface area contributed by atoms with Gasteiger partial charge in [-0.15, -0.1) is 0 Å². The maximum atomic E-state index is 4.18. The van der Waals surface area contributed by atoms with Gasteiger partial charge in [-0.3, -0.25) is 4.99 Å². The minimum Gasteiger partial charge on any atom is -0.302 e. The molecule has 0 fully saturated rings. The lowest BCUT2D eigenvalue weighted by Crippen LogP contribution is -2.12. The van der Waals surface area contributed by atoms with Gasteiger partial charge in [0.15, 0.2) is 0 Å². The molecular weight excluding hydrogens is 132 g/mol. The van der Waals surface area contributed by atoms with Gasteiger partial charge in [-0.05, 0) is 24.9 Å². The van der Waals surface area contributed by atoms with Crippen LogP contribution in [0.1, 0.15) is 6.92 Å². The van der Waals surface area contributed by atoms with Crippen LogP contribution >= 0.6 is 11.9 Å². The lowest BCUT2D eigenvalue weighted by atomic mass is 10.4. The molecule has 0 aromatic rings. The summed E-state index contributed by atoms with van der Waals surface area (Å²) in [4.78, 5) is 4.18. The highest BCUT2D eigenvalue weighted by molar-refractivity contribution is 7.98. The van der Waals surface area contributed by atoms with Crippen LogP contribution in [0.4, 0.5) is 0 Å². The van der Waals surface area contributed by atoms with Crippen LogP contribution in [0.2, 0.25) is 0 Å². The van der Waals surface area contributed by atoms with Gasteiger partial charge < -0.3 is 4.31 Å². The van der Waals surface area contributed by atoms with Gasteiger partial charge in [0.2, 0.25) is 0 Å². The van der Waals surface area contributed by atoms with Gasteiger partial charge in [-0.25, -0.2) is 0 Å². The quantitative estimate of drug-likeness (QED) is 0.516. The molecule has 0 saturated carbocycles. The van der Waals surface area contributed by atoms with Gasteiger partial charge in [0.05, 0.1) is 0 Å². The summed E-state index contributed by atoms with van der Waals surface area (Å²) in [7, 11) is 0. The van der Waals surface area contributed by atoms with E-state index in [-0.39, 0.29) is 0 Å². The molecule has 9 heavy (non-hydrogen) atoms. The molecule has 0 amide bonds. The second-order valence-corrected chi connectivity index (χ2v) is 2.53. The van der Waals surface area contributed by atoms with Crippen LogP contribution in [0.3, 0.4) is 0 Å². The maximum absolute atomic E-state index is 4.18. The number of hydrogen-bond acceptors (Lipinski definition) is 3. The first-order valence-corrected chi connectivity index (χ1v) is 3.65. The normalized spacial score (nSPS) is 18.0. The molecule has 0 spiro atoms. The molecule has 0 bridgehead atoms. The van der Waals surface area contributed by atoms with Crippen molar-refractivity contribution in [2.24, 2.45) is 4.99 Å². The first kappa shape index (κ1) is 6.68. The Labute approximate surface area is 59.8 Å². The summed E-state index contributed by atoms with van der Waals surface area (Å²) in [5.74, 6) is 0. The molecule has 0 saturated heterocycles. The summed E-state index contributed by atoms with van der Waals surface area (Å²) in [5, 5.41) is 0. The summed E-state index contributed by atoms with van der Waals surface area (Å²) in [6, 6.07) is 0. The van der Waals surface area contributed by atoms with E-state index in [9.17, 15) is 0 Å². The van der Waals surface area contributed by atoms with Crippen molar-refractivity contribution in [3.63, 3.8) is 0 Å². The van der Waals surface area contributed by atoms with Crippen molar-refractivity contribution in [2.45, 2.75) is 6.92 Å². The van der Waals surface area contributed by atoms with Crippen LogP contribution in [0, 0.1) is 6.26 Å². The highest BCUT2D eigenvalue weighted by atomic mass is 32.2. The minimum absolute atomic E-state index is 0.733. The molecule has 0 aromatic carbocycles. The van der Waals surface area contributed by atoms with Crippen molar-refractivity contribution in [1.82, 2.24) is 4.31 Å². The third-order valence-electron chi connectivity index (χ3n) is 1.11. The van der Waals surface area contributed by atoms with Crippen molar-refractivity contribution in [3.05, 3.63) is 18.5 Å². The highest BCUT2D eigenvalue weighted by Gasteiger charge is 1.98. The van der Waals surface area contributed by atoms with Crippen LogP contribution in [-0.2, 0) is 0 Å². The summed E-state index contributed by atoms with van der Waals surface area (Å²) >= 11 is 1.44. The first-order chi connectivity index (χ1) is 4.33. The predicted molar refractivity (Wildman–Crippen MR) is 41.9 cm³/mol.